The fourth-order valence-corrected chi connectivity index (χ4v) is 6.26. The van der Waals surface area contributed by atoms with E-state index in [1.54, 1.807) is 24.3 Å². The lowest BCUT2D eigenvalue weighted by atomic mass is 9.89. The number of anilines is 1. The Morgan fingerprint density at radius 1 is 0.923 bits per heavy atom. The zero-order valence-electron chi connectivity index (χ0n) is 22.9. The first kappa shape index (κ1) is 28.3. The second-order valence-corrected chi connectivity index (χ2v) is 11.3. The molecule has 4 rings (SSSR count). The molecular weight excluding hydrogens is 516 g/mol. The molecule has 0 radical (unpaired) electrons. The number of carbonyl (C=O) groups is 1. The third-order valence-electron chi connectivity index (χ3n) is 6.92. The summed E-state index contributed by atoms with van der Waals surface area (Å²) in [5.41, 5.74) is 4.03. The number of rotatable bonds is 11. The van der Waals surface area contributed by atoms with Gasteiger partial charge in [-0.2, -0.15) is 0 Å². The first-order chi connectivity index (χ1) is 18.8. The molecule has 0 saturated heterocycles. The van der Waals surface area contributed by atoms with Gasteiger partial charge in [-0.1, -0.05) is 18.2 Å². The molecule has 9 heteroatoms. The van der Waals surface area contributed by atoms with E-state index >= 15 is 0 Å². The number of aryl methyl sites for hydroxylation is 2. The van der Waals surface area contributed by atoms with Crippen molar-refractivity contribution in [2.75, 3.05) is 31.7 Å². The maximum atomic E-state index is 13.9. The van der Waals surface area contributed by atoms with Crippen LogP contribution in [-0.4, -0.2) is 41.7 Å². The lowest BCUT2D eigenvalue weighted by Gasteiger charge is -2.26. The van der Waals surface area contributed by atoms with Crippen LogP contribution in [0.3, 0.4) is 0 Å². The molecule has 1 atom stereocenters. The highest BCUT2D eigenvalue weighted by molar-refractivity contribution is 7.92. The normalized spacial score (nSPS) is 13.6. The summed E-state index contributed by atoms with van der Waals surface area (Å²) in [6.07, 6.45) is 4.50. The van der Waals surface area contributed by atoms with Crippen LogP contribution < -0.4 is 23.8 Å². The van der Waals surface area contributed by atoms with E-state index in [1.165, 1.54) is 56.4 Å². The summed E-state index contributed by atoms with van der Waals surface area (Å²) in [5.74, 6) is 0.866. The minimum Gasteiger partial charge on any atom is -0.494 e. The molecule has 0 spiro atoms. The summed E-state index contributed by atoms with van der Waals surface area (Å²) in [6, 6.07) is 17.0. The van der Waals surface area contributed by atoms with Gasteiger partial charge in [0.25, 0.3) is 10.0 Å². The Morgan fingerprint density at radius 2 is 1.62 bits per heavy atom. The fourth-order valence-electron chi connectivity index (χ4n) is 4.82. The van der Waals surface area contributed by atoms with Gasteiger partial charge in [0.15, 0.2) is 11.5 Å². The highest BCUT2D eigenvalue weighted by Crippen LogP contribution is 2.33. The van der Waals surface area contributed by atoms with Crippen LogP contribution >= 0.6 is 0 Å². The summed E-state index contributed by atoms with van der Waals surface area (Å²) in [7, 11) is -1.23. The zero-order chi connectivity index (χ0) is 28.0. The van der Waals surface area contributed by atoms with Crippen LogP contribution in [0.25, 0.3) is 0 Å². The highest BCUT2D eigenvalue weighted by atomic mass is 32.2. The number of carbonyl (C=O) groups excluding carboxylic acids is 1. The van der Waals surface area contributed by atoms with E-state index in [1.807, 2.05) is 19.9 Å². The molecule has 0 saturated carbocycles. The number of methoxy groups -OCH3 is 2. The summed E-state index contributed by atoms with van der Waals surface area (Å²) in [4.78, 5) is 13.3. The second-order valence-electron chi connectivity index (χ2n) is 9.48. The maximum Gasteiger partial charge on any atom is 0.264 e. The van der Waals surface area contributed by atoms with Crippen LogP contribution in [0.1, 0.15) is 49.4 Å². The van der Waals surface area contributed by atoms with Crippen molar-refractivity contribution >= 4 is 21.6 Å². The third kappa shape index (κ3) is 6.47. The first-order valence-electron chi connectivity index (χ1n) is 13.2. The summed E-state index contributed by atoms with van der Waals surface area (Å²) in [6.45, 7) is 3.86. The van der Waals surface area contributed by atoms with Gasteiger partial charge in [-0.25, -0.2) is 8.42 Å². The van der Waals surface area contributed by atoms with E-state index in [0.717, 1.165) is 22.7 Å². The van der Waals surface area contributed by atoms with Crippen molar-refractivity contribution in [2.45, 2.75) is 50.5 Å². The first-order valence-corrected chi connectivity index (χ1v) is 14.6. The van der Waals surface area contributed by atoms with Gasteiger partial charge < -0.3 is 19.5 Å². The number of hydrogen-bond acceptors (Lipinski definition) is 6. The van der Waals surface area contributed by atoms with Gasteiger partial charge in [-0.05, 0) is 92.6 Å². The molecule has 0 fully saturated rings. The number of hydrogen-bond donors (Lipinski definition) is 1. The molecule has 3 aromatic carbocycles. The van der Waals surface area contributed by atoms with E-state index in [-0.39, 0.29) is 16.7 Å². The van der Waals surface area contributed by atoms with E-state index in [9.17, 15) is 13.2 Å². The molecule has 0 bridgehead atoms. The third-order valence-corrected chi connectivity index (χ3v) is 8.69. The molecule has 3 aromatic rings. The van der Waals surface area contributed by atoms with Gasteiger partial charge in [0.05, 0.1) is 37.5 Å². The van der Waals surface area contributed by atoms with Crippen LogP contribution in [-0.2, 0) is 27.7 Å². The zero-order valence-corrected chi connectivity index (χ0v) is 23.7. The SMILES string of the molecule is CCOc1ccc(N(CC(=O)N[C@@H](C)c2ccc3c(c2)CCCC3)S(=O)(=O)c2ccc(OC)c(OC)c2)cc1. The summed E-state index contributed by atoms with van der Waals surface area (Å²) < 4.78 is 44.9. The van der Waals surface area contributed by atoms with Gasteiger partial charge in [0.1, 0.15) is 12.3 Å². The Hall–Kier alpha value is -3.72. The minimum atomic E-state index is -4.15. The Morgan fingerprint density at radius 3 is 2.28 bits per heavy atom. The number of amides is 1. The van der Waals surface area contributed by atoms with E-state index in [4.69, 9.17) is 14.2 Å². The molecule has 1 amide bonds. The molecular formula is C30H36N2O6S. The number of ether oxygens (including phenoxy) is 3. The Kier molecular flexibility index (Phi) is 9.01. The highest BCUT2D eigenvalue weighted by Gasteiger charge is 2.29. The number of nitrogens with one attached hydrogen (secondary N) is 1. The van der Waals surface area contributed by atoms with Crippen LogP contribution in [0, 0.1) is 0 Å². The number of nitrogens with zero attached hydrogens (tertiary/aromatic N) is 1. The molecule has 0 heterocycles. The molecule has 8 nitrogen and oxygen atoms in total. The van der Waals surface area contributed by atoms with Gasteiger partial charge in [-0.15, -0.1) is 0 Å². The predicted octanol–water partition coefficient (Wildman–Crippen LogP) is 5.05. The molecule has 0 aliphatic heterocycles. The van der Waals surface area contributed by atoms with Crippen LogP contribution in [0.4, 0.5) is 5.69 Å². The quantitative estimate of drug-likeness (QED) is 0.358. The number of sulfonamides is 1. The fraction of sp³-hybridized carbons (Fsp3) is 0.367. The lowest BCUT2D eigenvalue weighted by molar-refractivity contribution is -0.120. The van der Waals surface area contributed by atoms with Crippen LogP contribution in [0.15, 0.2) is 65.6 Å². The van der Waals surface area contributed by atoms with E-state index < -0.39 is 22.5 Å². The van der Waals surface area contributed by atoms with Crippen LogP contribution in [0.5, 0.6) is 17.2 Å². The average molecular weight is 553 g/mol. The molecule has 0 aromatic heterocycles. The monoisotopic (exact) mass is 552 g/mol. The van der Waals surface area contributed by atoms with Crippen molar-refractivity contribution in [2.24, 2.45) is 0 Å². The molecule has 208 valence electrons. The number of fused-ring (bicyclic) bond motifs is 1. The molecule has 1 aliphatic rings. The van der Waals surface area contributed by atoms with Crippen molar-refractivity contribution in [1.82, 2.24) is 5.32 Å². The standard InChI is InChI=1S/C30H36N2O6S/c1-5-38-26-14-12-25(13-15-26)32(39(34,35)27-16-17-28(36-3)29(19-27)37-4)20-30(33)31-21(2)23-11-10-22-8-6-7-9-24(22)18-23/h10-19,21H,5-9,20H2,1-4H3,(H,31,33)/t21-/m0/s1. The molecule has 1 N–H and O–H groups in total. The second kappa shape index (κ2) is 12.4. The Bertz CT molecular complexity index is 1410. The van der Waals surface area contributed by atoms with Gasteiger partial charge in [-0.3, -0.25) is 9.10 Å². The minimum absolute atomic E-state index is 0.0235. The van der Waals surface area contributed by atoms with Crippen molar-refractivity contribution in [1.29, 1.82) is 0 Å². The average Bonchev–Trinajstić information content (AvgIpc) is 2.95. The molecule has 0 unspecified atom stereocenters. The van der Waals surface area contributed by atoms with E-state index in [2.05, 4.69) is 17.4 Å². The van der Waals surface area contributed by atoms with Gasteiger partial charge >= 0.3 is 0 Å². The Labute approximate surface area is 230 Å². The molecule has 1 aliphatic carbocycles. The van der Waals surface area contributed by atoms with Gasteiger partial charge in [0, 0.05) is 6.07 Å². The summed E-state index contributed by atoms with van der Waals surface area (Å²) in [5, 5.41) is 2.98. The van der Waals surface area contributed by atoms with E-state index in [0.29, 0.717) is 23.8 Å². The van der Waals surface area contributed by atoms with Crippen molar-refractivity contribution in [3.63, 3.8) is 0 Å². The smallest absolute Gasteiger partial charge is 0.264 e. The Balaban J connectivity index is 1.61. The lowest BCUT2D eigenvalue weighted by Crippen LogP contribution is -2.41. The molecule has 39 heavy (non-hydrogen) atoms. The predicted molar refractivity (Wildman–Crippen MR) is 151 cm³/mol. The van der Waals surface area contributed by atoms with Crippen molar-refractivity contribution in [3.05, 3.63) is 77.4 Å². The van der Waals surface area contributed by atoms with Crippen molar-refractivity contribution < 1.29 is 27.4 Å². The topological polar surface area (TPSA) is 94.2 Å². The largest absolute Gasteiger partial charge is 0.494 e. The maximum absolute atomic E-state index is 13.9. The summed E-state index contributed by atoms with van der Waals surface area (Å²) >= 11 is 0. The van der Waals surface area contributed by atoms with Gasteiger partial charge in [0.2, 0.25) is 5.91 Å². The van der Waals surface area contributed by atoms with Crippen LogP contribution in [0.2, 0.25) is 0 Å². The van der Waals surface area contributed by atoms with Crippen molar-refractivity contribution in [3.8, 4) is 17.2 Å². The number of benzene rings is 3.